The van der Waals surface area contributed by atoms with Crippen molar-refractivity contribution >= 4 is 36.4 Å². The predicted octanol–water partition coefficient (Wildman–Crippen LogP) is 2.79. The SMILES string of the molecule is CC1CNCCC1NC(=O)c1ccc(N2CCN(C(C)C)CC2)cc1.Cl.Cl. The van der Waals surface area contributed by atoms with E-state index in [1.165, 1.54) is 5.69 Å². The van der Waals surface area contributed by atoms with Gasteiger partial charge in [-0.15, -0.1) is 24.8 Å². The number of carbonyl (C=O) groups is 1. The van der Waals surface area contributed by atoms with E-state index in [0.717, 1.165) is 51.3 Å². The van der Waals surface area contributed by atoms with E-state index in [-0.39, 0.29) is 36.8 Å². The Hall–Kier alpha value is -1.01. The van der Waals surface area contributed by atoms with Crippen molar-refractivity contribution in [3.63, 3.8) is 0 Å². The number of amides is 1. The summed E-state index contributed by atoms with van der Waals surface area (Å²) < 4.78 is 0. The molecule has 1 aromatic carbocycles. The fourth-order valence-corrected chi connectivity index (χ4v) is 3.80. The monoisotopic (exact) mass is 416 g/mol. The first kappa shape index (κ1) is 24.0. The molecule has 2 saturated heterocycles. The summed E-state index contributed by atoms with van der Waals surface area (Å²) in [4.78, 5) is 17.4. The summed E-state index contributed by atoms with van der Waals surface area (Å²) in [5.41, 5.74) is 1.98. The number of hydrogen-bond acceptors (Lipinski definition) is 4. The number of nitrogens with one attached hydrogen (secondary N) is 2. The zero-order valence-electron chi connectivity index (χ0n) is 16.6. The fourth-order valence-electron chi connectivity index (χ4n) is 3.80. The highest BCUT2D eigenvalue weighted by molar-refractivity contribution is 5.94. The molecular formula is C20H34Cl2N4O. The molecular weight excluding hydrogens is 383 g/mol. The first-order valence-electron chi connectivity index (χ1n) is 9.65. The van der Waals surface area contributed by atoms with Gasteiger partial charge in [0.05, 0.1) is 0 Å². The Labute approximate surface area is 176 Å². The molecule has 7 heteroatoms. The van der Waals surface area contributed by atoms with Crippen LogP contribution >= 0.6 is 24.8 Å². The van der Waals surface area contributed by atoms with Crippen molar-refractivity contribution in [2.75, 3.05) is 44.2 Å². The topological polar surface area (TPSA) is 47.6 Å². The van der Waals surface area contributed by atoms with Gasteiger partial charge in [0.25, 0.3) is 5.91 Å². The van der Waals surface area contributed by atoms with Gasteiger partial charge in [-0.1, -0.05) is 6.92 Å². The maximum absolute atomic E-state index is 12.5. The van der Waals surface area contributed by atoms with Crippen molar-refractivity contribution in [1.29, 1.82) is 0 Å². The molecule has 0 aliphatic carbocycles. The van der Waals surface area contributed by atoms with Crippen molar-refractivity contribution in [2.45, 2.75) is 39.3 Å². The second-order valence-electron chi connectivity index (χ2n) is 7.71. The normalized spacial score (nSPS) is 23.3. The molecule has 0 saturated carbocycles. The Kier molecular flexibility index (Phi) is 9.88. The third-order valence-electron chi connectivity index (χ3n) is 5.64. The molecule has 2 fully saturated rings. The summed E-state index contributed by atoms with van der Waals surface area (Å²) >= 11 is 0. The number of piperidine rings is 1. The molecule has 2 N–H and O–H groups in total. The molecule has 0 aromatic heterocycles. The van der Waals surface area contributed by atoms with Crippen LogP contribution in [0.5, 0.6) is 0 Å². The minimum Gasteiger partial charge on any atom is -0.369 e. The summed E-state index contributed by atoms with van der Waals surface area (Å²) in [5.74, 6) is 0.532. The maximum atomic E-state index is 12.5. The van der Waals surface area contributed by atoms with Crippen LogP contribution in [0, 0.1) is 5.92 Å². The Morgan fingerprint density at radius 3 is 2.30 bits per heavy atom. The van der Waals surface area contributed by atoms with Crippen molar-refractivity contribution in [1.82, 2.24) is 15.5 Å². The van der Waals surface area contributed by atoms with Gasteiger partial charge >= 0.3 is 0 Å². The third-order valence-corrected chi connectivity index (χ3v) is 5.64. The highest BCUT2D eigenvalue weighted by atomic mass is 35.5. The standard InChI is InChI=1S/C20H32N4O.2ClH/c1-15(2)23-10-12-24(13-11-23)18-6-4-17(5-7-18)20(25)22-19-8-9-21-14-16(19)3;;/h4-7,15-16,19,21H,8-14H2,1-3H3,(H,22,25);2*1H. The third kappa shape index (κ3) is 6.24. The van der Waals surface area contributed by atoms with E-state index in [4.69, 9.17) is 0 Å². The first-order chi connectivity index (χ1) is 12.0. The minimum absolute atomic E-state index is 0. The minimum atomic E-state index is 0. The van der Waals surface area contributed by atoms with Crippen LogP contribution in [-0.4, -0.2) is 62.2 Å². The summed E-state index contributed by atoms with van der Waals surface area (Å²) in [6.07, 6.45) is 1.01. The second-order valence-corrected chi connectivity index (χ2v) is 7.71. The van der Waals surface area contributed by atoms with Gasteiger partial charge in [-0.2, -0.15) is 0 Å². The average molecular weight is 417 g/mol. The van der Waals surface area contributed by atoms with E-state index in [2.05, 4.69) is 53.3 Å². The van der Waals surface area contributed by atoms with Gasteiger partial charge < -0.3 is 15.5 Å². The number of piperazine rings is 1. The molecule has 27 heavy (non-hydrogen) atoms. The average Bonchev–Trinajstić information content (AvgIpc) is 2.64. The highest BCUT2D eigenvalue weighted by Crippen LogP contribution is 2.19. The predicted molar refractivity (Wildman–Crippen MR) is 118 cm³/mol. The van der Waals surface area contributed by atoms with Crippen molar-refractivity contribution in [3.8, 4) is 0 Å². The molecule has 154 valence electrons. The van der Waals surface area contributed by atoms with Gasteiger partial charge in [-0.05, 0) is 63.5 Å². The Morgan fingerprint density at radius 1 is 1.11 bits per heavy atom. The van der Waals surface area contributed by atoms with Gasteiger partial charge in [0.2, 0.25) is 0 Å². The Bertz CT molecular complexity index is 574. The van der Waals surface area contributed by atoms with E-state index >= 15 is 0 Å². The van der Waals surface area contributed by atoms with Gasteiger partial charge in [-0.3, -0.25) is 9.69 Å². The molecule has 5 nitrogen and oxygen atoms in total. The number of nitrogens with zero attached hydrogens (tertiary/aromatic N) is 2. The van der Waals surface area contributed by atoms with Crippen LogP contribution in [0.15, 0.2) is 24.3 Å². The molecule has 2 aliphatic rings. The second kappa shape index (κ2) is 11.1. The Morgan fingerprint density at radius 2 is 1.74 bits per heavy atom. The van der Waals surface area contributed by atoms with E-state index < -0.39 is 0 Å². The summed E-state index contributed by atoms with van der Waals surface area (Å²) in [7, 11) is 0. The number of halogens is 2. The Balaban J connectivity index is 0.00000182. The van der Waals surface area contributed by atoms with E-state index in [1.54, 1.807) is 0 Å². The zero-order chi connectivity index (χ0) is 17.8. The molecule has 0 spiro atoms. The summed E-state index contributed by atoms with van der Waals surface area (Å²) in [6.45, 7) is 13.0. The lowest BCUT2D eigenvalue weighted by Crippen LogP contribution is -2.49. The zero-order valence-corrected chi connectivity index (χ0v) is 18.2. The van der Waals surface area contributed by atoms with Crippen LogP contribution < -0.4 is 15.5 Å². The lowest BCUT2D eigenvalue weighted by molar-refractivity contribution is 0.0914. The van der Waals surface area contributed by atoms with Crippen LogP contribution in [0.1, 0.15) is 37.6 Å². The summed E-state index contributed by atoms with van der Waals surface area (Å²) in [5, 5.41) is 6.57. The van der Waals surface area contributed by atoms with Gasteiger partial charge in [-0.25, -0.2) is 0 Å². The number of hydrogen-bond donors (Lipinski definition) is 2. The lowest BCUT2D eigenvalue weighted by Gasteiger charge is -2.38. The molecule has 1 amide bonds. The lowest BCUT2D eigenvalue weighted by atomic mass is 9.95. The molecule has 2 aliphatic heterocycles. The molecule has 2 atom stereocenters. The van der Waals surface area contributed by atoms with Crippen LogP contribution in [-0.2, 0) is 0 Å². The van der Waals surface area contributed by atoms with E-state index in [0.29, 0.717) is 12.0 Å². The smallest absolute Gasteiger partial charge is 0.251 e. The van der Waals surface area contributed by atoms with Crippen LogP contribution in [0.4, 0.5) is 5.69 Å². The number of rotatable bonds is 4. The van der Waals surface area contributed by atoms with Gasteiger partial charge in [0, 0.05) is 49.5 Å². The summed E-state index contributed by atoms with van der Waals surface area (Å²) in [6, 6.07) is 9.00. The van der Waals surface area contributed by atoms with E-state index in [1.807, 2.05) is 12.1 Å². The van der Waals surface area contributed by atoms with Crippen LogP contribution in [0.25, 0.3) is 0 Å². The van der Waals surface area contributed by atoms with Gasteiger partial charge in [0.1, 0.15) is 0 Å². The molecule has 0 radical (unpaired) electrons. The van der Waals surface area contributed by atoms with Gasteiger partial charge in [0.15, 0.2) is 0 Å². The maximum Gasteiger partial charge on any atom is 0.251 e. The fraction of sp³-hybridized carbons (Fsp3) is 0.650. The molecule has 3 rings (SSSR count). The molecule has 0 bridgehead atoms. The first-order valence-corrected chi connectivity index (χ1v) is 9.65. The molecule has 1 aromatic rings. The largest absolute Gasteiger partial charge is 0.369 e. The van der Waals surface area contributed by atoms with Crippen LogP contribution in [0.2, 0.25) is 0 Å². The number of benzene rings is 1. The van der Waals surface area contributed by atoms with Crippen molar-refractivity contribution in [2.24, 2.45) is 5.92 Å². The molecule has 2 unspecified atom stereocenters. The molecule has 2 heterocycles. The van der Waals surface area contributed by atoms with Crippen molar-refractivity contribution < 1.29 is 4.79 Å². The van der Waals surface area contributed by atoms with E-state index in [9.17, 15) is 4.79 Å². The van der Waals surface area contributed by atoms with Crippen LogP contribution in [0.3, 0.4) is 0 Å². The quantitative estimate of drug-likeness (QED) is 0.791. The number of carbonyl (C=O) groups excluding carboxylic acids is 1. The number of anilines is 1. The highest BCUT2D eigenvalue weighted by Gasteiger charge is 2.23. The van der Waals surface area contributed by atoms with Crippen molar-refractivity contribution in [3.05, 3.63) is 29.8 Å².